The Balaban J connectivity index is 1.90. The highest BCUT2D eigenvalue weighted by atomic mass is 19.4. The summed E-state index contributed by atoms with van der Waals surface area (Å²) in [7, 11) is 0. The number of benzene rings is 1. The molecule has 0 radical (unpaired) electrons. The van der Waals surface area contributed by atoms with Crippen molar-refractivity contribution in [2.24, 2.45) is 0 Å². The van der Waals surface area contributed by atoms with Gasteiger partial charge in [0.05, 0.1) is 0 Å². The number of aryl methyl sites for hydroxylation is 1. The second kappa shape index (κ2) is 6.19. The molecular formula is C15H13F3N4O3. The fourth-order valence-corrected chi connectivity index (χ4v) is 2.64. The summed E-state index contributed by atoms with van der Waals surface area (Å²) in [6.45, 7) is 0.524. The largest absolute Gasteiger partial charge is 0.481 e. The lowest BCUT2D eigenvalue weighted by molar-refractivity contribution is -0.167. The molecule has 0 saturated heterocycles. The number of halogens is 3. The molecule has 25 heavy (non-hydrogen) atoms. The first-order chi connectivity index (χ1) is 11.8. The number of nitrogens with zero attached hydrogens (tertiary/aromatic N) is 3. The van der Waals surface area contributed by atoms with Crippen LogP contribution in [0.3, 0.4) is 0 Å². The van der Waals surface area contributed by atoms with Gasteiger partial charge >= 0.3 is 18.1 Å². The number of carbonyl (C=O) groups excluding carboxylic acids is 1. The van der Waals surface area contributed by atoms with Crippen molar-refractivity contribution in [3.05, 3.63) is 30.1 Å². The van der Waals surface area contributed by atoms with Gasteiger partial charge in [-0.05, 0) is 25.0 Å². The molecule has 0 saturated carbocycles. The molecule has 1 aliphatic heterocycles. The molecule has 3 rings (SSSR count). The number of aliphatic carboxylic acids is 1. The van der Waals surface area contributed by atoms with E-state index in [-0.39, 0.29) is 11.5 Å². The summed E-state index contributed by atoms with van der Waals surface area (Å²) in [5.74, 6) is -3.31. The van der Waals surface area contributed by atoms with Gasteiger partial charge in [-0.25, -0.2) is 9.67 Å². The van der Waals surface area contributed by atoms with Crippen LogP contribution in [0.1, 0.15) is 24.6 Å². The summed E-state index contributed by atoms with van der Waals surface area (Å²) in [6.07, 6.45) is -3.89. The van der Waals surface area contributed by atoms with Gasteiger partial charge in [-0.3, -0.25) is 9.59 Å². The Morgan fingerprint density at radius 1 is 1.32 bits per heavy atom. The minimum atomic E-state index is -4.99. The third kappa shape index (κ3) is 3.47. The minimum absolute atomic E-state index is 0.0534. The topological polar surface area (TPSA) is 97.1 Å². The molecule has 2 heterocycles. The molecular weight excluding hydrogens is 341 g/mol. The molecule has 7 nitrogen and oxygen atoms in total. The van der Waals surface area contributed by atoms with E-state index in [1.165, 1.54) is 22.9 Å². The number of fused-ring (bicyclic) bond motifs is 1. The van der Waals surface area contributed by atoms with Crippen LogP contribution in [0, 0.1) is 0 Å². The van der Waals surface area contributed by atoms with Gasteiger partial charge in [0.1, 0.15) is 11.7 Å². The van der Waals surface area contributed by atoms with E-state index >= 15 is 0 Å². The monoisotopic (exact) mass is 354 g/mol. The van der Waals surface area contributed by atoms with Crippen molar-refractivity contribution in [1.29, 1.82) is 0 Å². The van der Waals surface area contributed by atoms with Gasteiger partial charge in [-0.1, -0.05) is 12.1 Å². The van der Waals surface area contributed by atoms with Crippen LogP contribution in [0.15, 0.2) is 24.3 Å². The highest BCUT2D eigenvalue weighted by molar-refractivity contribution is 5.95. The first-order valence-electron chi connectivity index (χ1n) is 7.42. The predicted molar refractivity (Wildman–Crippen MR) is 79.8 cm³/mol. The van der Waals surface area contributed by atoms with Crippen LogP contribution in [-0.4, -0.2) is 37.9 Å². The van der Waals surface area contributed by atoms with E-state index in [0.717, 1.165) is 0 Å². The van der Waals surface area contributed by atoms with Crippen molar-refractivity contribution in [1.82, 2.24) is 14.8 Å². The zero-order valence-corrected chi connectivity index (χ0v) is 12.7. The molecule has 1 atom stereocenters. The van der Waals surface area contributed by atoms with Crippen LogP contribution >= 0.6 is 0 Å². The lowest BCUT2D eigenvalue weighted by Gasteiger charge is -2.17. The number of amides is 1. The summed E-state index contributed by atoms with van der Waals surface area (Å²) in [5, 5.41) is 15.2. The maximum Gasteiger partial charge on any atom is 0.471 e. The summed E-state index contributed by atoms with van der Waals surface area (Å²) in [4.78, 5) is 26.5. The molecule has 0 aliphatic carbocycles. The SMILES string of the molecule is O=C(O)C1CCCn2nc(-c3cccc(NC(=O)C(F)(F)F)c3)nc21. The van der Waals surface area contributed by atoms with Gasteiger partial charge in [-0.15, -0.1) is 0 Å². The summed E-state index contributed by atoms with van der Waals surface area (Å²) < 4.78 is 38.5. The molecule has 1 unspecified atom stereocenters. The van der Waals surface area contributed by atoms with Crippen LogP contribution in [0.25, 0.3) is 11.4 Å². The Kier molecular flexibility index (Phi) is 4.19. The van der Waals surface area contributed by atoms with Gasteiger partial charge < -0.3 is 10.4 Å². The Morgan fingerprint density at radius 2 is 2.08 bits per heavy atom. The summed E-state index contributed by atoms with van der Waals surface area (Å²) in [6, 6.07) is 5.64. The molecule has 1 aromatic heterocycles. The van der Waals surface area contributed by atoms with E-state index in [1.807, 2.05) is 0 Å². The standard InChI is InChI=1S/C15H13F3N4O3/c16-15(17,18)14(25)19-9-4-1-3-8(7-9)11-20-12-10(13(23)24)5-2-6-22(12)21-11/h1,3-4,7,10H,2,5-6H2,(H,19,25)(H,23,24). The van der Waals surface area contributed by atoms with Crippen molar-refractivity contribution in [2.75, 3.05) is 5.32 Å². The maximum absolute atomic E-state index is 12.3. The van der Waals surface area contributed by atoms with Gasteiger partial charge in [0, 0.05) is 17.8 Å². The molecule has 10 heteroatoms. The zero-order valence-electron chi connectivity index (χ0n) is 12.7. The summed E-state index contributed by atoms with van der Waals surface area (Å²) >= 11 is 0. The fraction of sp³-hybridized carbons (Fsp3) is 0.333. The average molecular weight is 354 g/mol. The van der Waals surface area contributed by atoms with Gasteiger partial charge in [-0.2, -0.15) is 18.3 Å². The van der Waals surface area contributed by atoms with E-state index in [0.29, 0.717) is 30.8 Å². The Bertz CT molecular complexity index is 832. The number of hydrogen-bond acceptors (Lipinski definition) is 4. The number of carboxylic acid groups (broad SMARTS) is 1. The van der Waals surface area contributed by atoms with Crippen LogP contribution in [-0.2, 0) is 16.1 Å². The number of hydrogen-bond donors (Lipinski definition) is 2. The Hall–Kier alpha value is -2.91. The predicted octanol–water partition coefficient (Wildman–Crippen LogP) is 2.41. The fourth-order valence-electron chi connectivity index (χ4n) is 2.64. The third-order valence-corrected chi connectivity index (χ3v) is 3.81. The molecule has 1 aromatic carbocycles. The van der Waals surface area contributed by atoms with E-state index in [4.69, 9.17) is 0 Å². The van der Waals surface area contributed by atoms with E-state index in [1.54, 1.807) is 11.4 Å². The second-order valence-electron chi connectivity index (χ2n) is 5.58. The number of nitrogens with one attached hydrogen (secondary N) is 1. The lowest BCUT2D eigenvalue weighted by atomic mass is 10.00. The Labute approximate surface area is 139 Å². The van der Waals surface area contributed by atoms with Gasteiger partial charge in [0.2, 0.25) is 0 Å². The first-order valence-corrected chi connectivity index (χ1v) is 7.42. The maximum atomic E-state index is 12.3. The lowest BCUT2D eigenvalue weighted by Crippen LogP contribution is -2.29. The number of aromatic nitrogens is 3. The van der Waals surface area contributed by atoms with Crippen LogP contribution in [0.4, 0.5) is 18.9 Å². The van der Waals surface area contributed by atoms with Crippen molar-refractivity contribution < 1.29 is 27.9 Å². The van der Waals surface area contributed by atoms with Crippen LogP contribution in [0.5, 0.6) is 0 Å². The molecule has 2 N–H and O–H groups in total. The van der Waals surface area contributed by atoms with Crippen molar-refractivity contribution in [2.45, 2.75) is 31.5 Å². The van der Waals surface area contributed by atoms with Gasteiger partial charge in [0.25, 0.3) is 0 Å². The number of alkyl halides is 3. The smallest absolute Gasteiger partial charge is 0.471 e. The Morgan fingerprint density at radius 3 is 2.76 bits per heavy atom. The zero-order chi connectivity index (χ0) is 18.2. The van der Waals surface area contributed by atoms with Gasteiger partial charge in [0.15, 0.2) is 5.82 Å². The van der Waals surface area contributed by atoms with E-state index in [2.05, 4.69) is 10.1 Å². The second-order valence-corrected chi connectivity index (χ2v) is 5.58. The number of carbonyl (C=O) groups is 2. The molecule has 1 amide bonds. The molecule has 0 fully saturated rings. The highest BCUT2D eigenvalue weighted by Gasteiger charge is 2.38. The average Bonchev–Trinajstić information content (AvgIpc) is 2.98. The minimum Gasteiger partial charge on any atom is -0.481 e. The molecule has 0 bridgehead atoms. The van der Waals surface area contributed by atoms with Crippen molar-refractivity contribution >= 4 is 17.6 Å². The normalized spacial score (nSPS) is 17.0. The number of carboxylic acids is 1. The quantitative estimate of drug-likeness (QED) is 0.882. The number of rotatable bonds is 3. The number of anilines is 1. The molecule has 132 valence electrons. The first kappa shape index (κ1) is 16.9. The van der Waals surface area contributed by atoms with Crippen molar-refractivity contribution in [3.8, 4) is 11.4 Å². The summed E-state index contributed by atoms with van der Waals surface area (Å²) in [5.41, 5.74) is 0.327. The molecule has 2 aromatic rings. The van der Waals surface area contributed by atoms with Crippen LogP contribution in [0.2, 0.25) is 0 Å². The van der Waals surface area contributed by atoms with E-state index in [9.17, 15) is 27.9 Å². The third-order valence-electron chi connectivity index (χ3n) is 3.81. The van der Waals surface area contributed by atoms with Crippen molar-refractivity contribution in [3.63, 3.8) is 0 Å². The molecule has 0 spiro atoms. The van der Waals surface area contributed by atoms with E-state index < -0.39 is 24.0 Å². The van der Waals surface area contributed by atoms with Crippen LogP contribution < -0.4 is 5.32 Å². The molecule has 1 aliphatic rings. The highest BCUT2D eigenvalue weighted by Crippen LogP contribution is 2.29.